The molecule has 3 aromatic rings. The maximum absolute atomic E-state index is 12.8. The lowest BCUT2D eigenvalue weighted by Gasteiger charge is -2.08. The highest BCUT2D eigenvalue weighted by Crippen LogP contribution is 2.31. The van der Waals surface area contributed by atoms with Crippen molar-refractivity contribution in [1.29, 1.82) is 0 Å². The summed E-state index contributed by atoms with van der Waals surface area (Å²) in [5, 5.41) is 16.9. The third-order valence-electron chi connectivity index (χ3n) is 4.01. The highest BCUT2D eigenvalue weighted by atomic mass is 79.9. The Labute approximate surface area is 178 Å². The van der Waals surface area contributed by atoms with E-state index < -0.39 is 6.04 Å². The Bertz CT molecular complexity index is 1100. The molecule has 0 N–H and O–H groups in total. The molecule has 1 aliphatic rings. The number of azo groups is 1. The van der Waals surface area contributed by atoms with Gasteiger partial charge in [-0.2, -0.15) is 20.3 Å². The average molecular weight is 475 g/mol. The monoisotopic (exact) mass is 473 g/mol. The molecule has 9 heteroatoms. The van der Waals surface area contributed by atoms with Crippen molar-refractivity contribution in [2.45, 2.75) is 13.0 Å². The first-order chi connectivity index (χ1) is 13.5. The number of carbonyl (C=O) groups excluding carboxylic acids is 1. The first-order valence-corrected chi connectivity index (χ1v) is 10.3. The van der Waals surface area contributed by atoms with E-state index in [0.717, 1.165) is 15.7 Å². The summed E-state index contributed by atoms with van der Waals surface area (Å²) in [6.45, 7) is 1.75. The minimum atomic E-state index is -0.765. The fraction of sp³-hybridized carbons (Fsp3) is 0.105. The topological polar surface area (TPSA) is 70.3 Å². The van der Waals surface area contributed by atoms with Crippen molar-refractivity contribution in [2.75, 3.05) is 5.01 Å². The molecule has 4 rings (SSSR count). The number of rotatable bonds is 4. The van der Waals surface area contributed by atoms with E-state index in [2.05, 4.69) is 36.2 Å². The molecule has 0 bridgehead atoms. The van der Waals surface area contributed by atoms with Gasteiger partial charge in [-0.05, 0) is 37.3 Å². The first kappa shape index (κ1) is 18.9. The van der Waals surface area contributed by atoms with Crippen LogP contribution in [0, 0.1) is 0 Å². The number of anilines is 1. The van der Waals surface area contributed by atoms with Crippen LogP contribution in [0.1, 0.15) is 6.92 Å². The molecular formula is C19H13BrClN5OS. The van der Waals surface area contributed by atoms with E-state index in [-0.39, 0.29) is 5.91 Å². The summed E-state index contributed by atoms with van der Waals surface area (Å²) < 4.78 is 0.995. The summed E-state index contributed by atoms with van der Waals surface area (Å²) in [7, 11) is 0. The van der Waals surface area contributed by atoms with Crippen LogP contribution in [0.15, 0.2) is 73.7 Å². The quantitative estimate of drug-likeness (QED) is 0.429. The molecule has 0 aliphatic carbocycles. The van der Waals surface area contributed by atoms with Gasteiger partial charge in [0.15, 0.2) is 6.04 Å². The molecule has 6 nitrogen and oxygen atoms in total. The average Bonchev–Trinajstić information content (AvgIpc) is 3.26. The molecular weight excluding hydrogens is 462 g/mol. The lowest BCUT2D eigenvalue weighted by molar-refractivity contribution is -0.117. The predicted molar refractivity (Wildman–Crippen MR) is 116 cm³/mol. The highest BCUT2D eigenvalue weighted by molar-refractivity contribution is 9.10. The van der Waals surface area contributed by atoms with Gasteiger partial charge in [-0.25, -0.2) is 4.98 Å². The van der Waals surface area contributed by atoms with Crippen molar-refractivity contribution < 1.29 is 4.79 Å². The summed E-state index contributed by atoms with van der Waals surface area (Å²) in [6.07, 6.45) is 0. The van der Waals surface area contributed by atoms with E-state index in [1.807, 2.05) is 29.6 Å². The van der Waals surface area contributed by atoms with E-state index in [9.17, 15) is 4.79 Å². The van der Waals surface area contributed by atoms with E-state index in [1.54, 1.807) is 31.2 Å². The van der Waals surface area contributed by atoms with Gasteiger partial charge in [-0.3, -0.25) is 4.79 Å². The van der Waals surface area contributed by atoms with Gasteiger partial charge in [-0.1, -0.05) is 45.7 Å². The Kier molecular flexibility index (Phi) is 5.34. The van der Waals surface area contributed by atoms with Crippen LogP contribution in [0.4, 0.5) is 10.8 Å². The third kappa shape index (κ3) is 3.89. The number of nitrogens with zero attached hydrogens (tertiary/aromatic N) is 5. The van der Waals surface area contributed by atoms with E-state index in [1.165, 1.54) is 16.3 Å². The van der Waals surface area contributed by atoms with Crippen LogP contribution in [0.2, 0.25) is 5.02 Å². The van der Waals surface area contributed by atoms with Crippen LogP contribution >= 0.6 is 38.9 Å². The summed E-state index contributed by atoms with van der Waals surface area (Å²) in [6, 6.07) is 14.0. The number of thiazole rings is 1. The first-order valence-electron chi connectivity index (χ1n) is 8.28. The molecule has 1 amide bonds. The highest BCUT2D eigenvalue weighted by Gasteiger charge is 2.36. The van der Waals surface area contributed by atoms with Gasteiger partial charge in [0.2, 0.25) is 5.13 Å². The molecule has 1 aliphatic heterocycles. The van der Waals surface area contributed by atoms with Crippen LogP contribution in [-0.4, -0.2) is 22.6 Å². The smallest absolute Gasteiger partial charge is 0.269 e. The van der Waals surface area contributed by atoms with E-state index >= 15 is 0 Å². The number of aromatic nitrogens is 1. The molecule has 0 saturated carbocycles. The number of hydrazone groups is 1. The van der Waals surface area contributed by atoms with Crippen LogP contribution in [-0.2, 0) is 4.79 Å². The second-order valence-corrected chi connectivity index (χ2v) is 8.20. The van der Waals surface area contributed by atoms with Crippen LogP contribution < -0.4 is 5.01 Å². The van der Waals surface area contributed by atoms with Crippen molar-refractivity contribution in [3.63, 3.8) is 0 Å². The van der Waals surface area contributed by atoms with E-state index in [4.69, 9.17) is 11.6 Å². The van der Waals surface area contributed by atoms with Gasteiger partial charge in [0.1, 0.15) is 0 Å². The van der Waals surface area contributed by atoms with Gasteiger partial charge >= 0.3 is 0 Å². The predicted octanol–water partition coefficient (Wildman–Crippen LogP) is 6.10. The molecule has 0 fully saturated rings. The number of amides is 1. The zero-order chi connectivity index (χ0) is 19.7. The maximum Gasteiger partial charge on any atom is 0.282 e. The van der Waals surface area contributed by atoms with Gasteiger partial charge in [0.25, 0.3) is 5.91 Å². The molecule has 0 radical (unpaired) electrons. The minimum absolute atomic E-state index is 0.278. The standard InChI is InChI=1S/C19H13BrClN5OS/c1-11-17(24-23-15-4-2-3-14(21)9-15)18(27)26(25-11)19-22-16(10-28-19)12-5-7-13(20)8-6-12/h2-10,17H,1H3. The minimum Gasteiger partial charge on any atom is -0.269 e. The molecule has 140 valence electrons. The molecule has 2 aromatic carbocycles. The van der Waals surface area contributed by atoms with E-state index in [0.29, 0.717) is 21.6 Å². The van der Waals surface area contributed by atoms with Gasteiger partial charge in [0.05, 0.1) is 17.1 Å². The summed E-state index contributed by atoms with van der Waals surface area (Å²) in [5.74, 6) is -0.278. The summed E-state index contributed by atoms with van der Waals surface area (Å²) >= 11 is 10.7. The Morgan fingerprint density at radius 3 is 2.75 bits per heavy atom. The molecule has 1 atom stereocenters. The molecule has 1 aromatic heterocycles. The van der Waals surface area contributed by atoms with Crippen molar-refractivity contribution in [2.24, 2.45) is 15.3 Å². The number of benzene rings is 2. The second kappa shape index (κ2) is 7.90. The zero-order valence-corrected chi connectivity index (χ0v) is 17.7. The summed E-state index contributed by atoms with van der Waals surface area (Å²) in [5.41, 5.74) is 2.90. The Morgan fingerprint density at radius 1 is 1.21 bits per heavy atom. The van der Waals surface area contributed by atoms with Crippen LogP contribution in [0.25, 0.3) is 11.3 Å². The molecule has 1 unspecified atom stereocenters. The van der Waals surface area contributed by atoms with Crippen molar-refractivity contribution >= 4 is 61.3 Å². The SMILES string of the molecule is CC1=NN(c2nc(-c3ccc(Br)cc3)cs2)C(=O)C1N=Nc1cccc(Cl)c1. The largest absolute Gasteiger partial charge is 0.282 e. The molecule has 0 saturated heterocycles. The maximum atomic E-state index is 12.8. The Morgan fingerprint density at radius 2 is 2.00 bits per heavy atom. The number of carbonyl (C=O) groups is 1. The number of hydrogen-bond acceptors (Lipinski definition) is 6. The van der Waals surface area contributed by atoms with Crippen molar-refractivity contribution in [3.05, 3.63) is 63.4 Å². The fourth-order valence-corrected chi connectivity index (χ4v) is 3.84. The summed E-state index contributed by atoms with van der Waals surface area (Å²) in [4.78, 5) is 17.3. The molecule has 2 heterocycles. The van der Waals surface area contributed by atoms with Gasteiger partial charge < -0.3 is 0 Å². The second-order valence-electron chi connectivity index (χ2n) is 6.01. The molecule has 28 heavy (non-hydrogen) atoms. The fourth-order valence-electron chi connectivity index (χ4n) is 2.60. The van der Waals surface area contributed by atoms with Crippen molar-refractivity contribution in [1.82, 2.24) is 4.98 Å². The lowest BCUT2D eigenvalue weighted by Crippen LogP contribution is -2.29. The van der Waals surface area contributed by atoms with Crippen LogP contribution in [0.3, 0.4) is 0 Å². The van der Waals surface area contributed by atoms with Gasteiger partial charge in [0, 0.05) is 20.4 Å². The molecule has 0 spiro atoms. The normalized spacial score (nSPS) is 16.8. The van der Waals surface area contributed by atoms with Gasteiger partial charge in [-0.15, -0.1) is 11.3 Å². The Hall–Kier alpha value is -2.42. The lowest BCUT2D eigenvalue weighted by atomic mass is 10.2. The Balaban J connectivity index is 1.54. The van der Waals surface area contributed by atoms with Crippen LogP contribution in [0.5, 0.6) is 0 Å². The number of hydrogen-bond donors (Lipinski definition) is 0. The zero-order valence-electron chi connectivity index (χ0n) is 14.6. The third-order valence-corrected chi connectivity index (χ3v) is 5.59. The van der Waals surface area contributed by atoms with Crippen molar-refractivity contribution in [3.8, 4) is 11.3 Å². The number of halogens is 2.